The number of carbonyl (C=O) groups excluding carboxylic acids is 2. The van der Waals surface area contributed by atoms with Gasteiger partial charge in [0.25, 0.3) is 5.91 Å². The van der Waals surface area contributed by atoms with Gasteiger partial charge in [-0.2, -0.15) is 4.98 Å². The molecule has 0 N–H and O–H groups in total. The first-order valence-electron chi connectivity index (χ1n) is 10.6. The van der Waals surface area contributed by atoms with Gasteiger partial charge in [0.15, 0.2) is 5.16 Å². The highest BCUT2D eigenvalue weighted by Gasteiger charge is 2.31. The van der Waals surface area contributed by atoms with Gasteiger partial charge in [0.1, 0.15) is 17.3 Å². The van der Waals surface area contributed by atoms with Crippen molar-refractivity contribution in [1.29, 1.82) is 0 Å². The van der Waals surface area contributed by atoms with Crippen molar-refractivity contribution >= 4 is 40.9 Å². The lowest BCUT2D eigenvalue weighted by Gasteiger charge is -2.28. The van der Waals surface area contributed by atoms with Gasteiger partial charge in [0.05, 0.1) is 25.5 Å². The predicted molar refractivity (Wildman–Crippen MR) is 122 cm³/mol. The number of methoxy groups -OCH3 is 1. The number of ether oxygens (including phenoxy) is 2. The Labute approximate surface area is 196 Å². The van der Waals surface area contributed by atoms with E-state index in [-0.39, 0.29) is 28.5 Å². The van der Waals surface area contributed by atoms with Gasteiger partial charge in [-0.25, -0.2) is 4.98 Å². The Morgan fingerprint density at radius 3 is 2.72 bits per heavy atom. The van der Waals surface area contributed by atoms with E-state index >= 15 is 0 Å². The van der Waals surface area contributed by atoms with Crippen molar-refractivity contribution in [2.45, 2.75) is 43.2 Å². The molecule has 2 aliphatic rings. The van der Waals surface area contributed by atoms with Crippen LogP contribution < -0.4 is 9.64 Å². The maximum atomic E-state index is 13.2. The monoisotopic (exact) mass is 476 g/mol. The molecule has 32 heavy (non-hydrogen) atoms. The smallest absolute Gasteiger partial charge is 0.305 e. The number of fused-ring (bicyclic) bond motifs is 1. The van der Waals surface area contributed by atoms with E-state index in [9.17, 15) is 9.59 Å². The number of hydrogen-bond acceptors (Lipinski definition) is 8. The van der Waals surface area contributed by atoms with Crippen LogP contribution in [0, 0.1) is 5.92 Å². The van der Waals surface area contributed by atoms with E-state index in [1.807, 2.05) is 18.4 Å². The van der Waals surface area contributed by atoms with Crippen LogP contribution >= 0.6 is 23.4 Å². The van der Waals surface area contributed by atoms with E-state index in [0.29, 0.717) is 42.3 Å². The molecule has 10 heteroatoms. The zero-order chi connectivity index (χ0) is 22.7. The van der Waals surface area contributed by atoms with Crippen LogP contribution in [0.1, 0.15) is 54.1 Å². The van der Waals surface area contributed by atoms with Gasteiger partial charge in [-0.3, -0.25) is 14.6 Å². The van der Waals surface area contributed by atoms with Crippen molar-refractivity contribution in [2.75, 3.05) is 31.4 Å². The van der Waals surface area contributed by atoms with Crippen LogP contribution in [0.2, 0.25) is 5.15 Å². The third kappa shape index (κ3) is 4.83. The van der Waals surface area contributed by atoms with E-state index in [0.717, 1.165) is 31.4 Å². The molecule has 0 atom stereocenters. The maximum Gasteiger partial charge on any atom is 0.305 e. The Bertz CT molecular complexity index is 996. The molecule has 0 radical (unpaired) electrons. The normalized spacial score (nSPS) is 20.8. The van der Waals surface area contributed by atoms with E-state index in [2.05, 4.69) is 15.0 Å². The SMILES string of the molecule is COC(=O)CC1CCC(c2ccc(N3CCOc4nc(SC)nc(Cl)c4C3=O)cn2)CC1. The number of nitrogens with zero attached hydrogens (tertiary/aromatic N) is 4. The molecule has 0 unspecified atom stereocenters. The third-order valence-corrected chi connectivity index (χ3v) is 6.86. The first-order valence-corrected chi connectivity index (χ1v) is 12.2. The molecular weight excluding hydrogens is 452 g/mol. The number of halogens is 1. The molecule has 1 saturated carbocycles. The summed E-state index contributed by atoms with van der Waals surface area (Å²) in [6.45, 7) is 0.658. The number of esters is 1. The highest BCUT2D eigenvalue weighted by atomic mass is 35.5. The van der Waals surface area contributed by atoms with Gasteiger partial charge in [-0.1, -0.05) is 23.4 Å². The second-order valence-electron chi connectivity index (χ2n) is 7.93. The van der Waals surface area contributed by atoms with Crippen LogP contribution in [-0.4, -0.2) is 53.3 Å². The number of hydrogen-bond donors (Lipinski definition) is 0. The van der Waals surface area contributed by atoms with E-state index < -0.39 is 0 Å². The summed E-state index contributed by atoms with van der Waals surface area (Å²) in [5.41, 5.74) is 1.87. The van der Waals surface area contributed by atoms with Crippen molar-refractivity contribution in [2.24, 2.45) is 5.92 Å². The van der Waals surface area contributed by atoms with Crippen LogP contribution in [0.4, 0.5) is 5.69 Å². The Morgan fingerprint density at radius 1 is 1.28 bits per heavy atom. The summed E-state index contributed by atoms with van der Waals surface area (Å²) >= 11 is 7.62. The zero-order valence-corrected chi connectivity index (χ0v) is 19.6. The first-order chi connectivity index (χ1) is 15.5. The largest absolute Gasteiger partial charge is 0.475 e. The highest BCUT2D eigenvalue weighted by Crippen LogP contribution is 2.37. The summed E-state index contributed by atoms with van der Waals surface area (Å²) in [5.74, 6) is 0.517. The Morgan fingerprint density at radius 2 is 2.06 bits per heavy atom. The standard InChI is InChI=1S/C22H25ClN4O4S/c1-30-17(28)11-13-3-5-14(6-4-13)16-8-7-15(12-24-16)27-9-10-31-20-18(21(27)29)19(23)25-22(26-20)32-2/h7-8,12-14H,3-6,9-11H2,1-2H3. The average molecular weight is 477 g/mol. The number of aromatic nitrogens is 3. The second-order valence-corrected chi connectivity index (χ2v) is 9.06. The molecule has 1 fully saturated rings. The second kappa shape index (κ2) is 10.0. The molecule has 1 amide bonds. The van der Waals surface area contributed by atoms with Crippen LogP contribution in [-0.2, 0) is 9.53 Å². The van der Waals surface area contributed by atoms with Gasteiger partial charge < -0.3 is 14.4 Å². The summed E-state index contributed by atoms with van der Waals surface area (Å²) in [6, 6.07) is 3.90. The van der Waals surface area contributed by atoms with Crippen LogP contribution in [0.5, 0.6) is 5.88 Å². The van der Waals surface area contributed by atoms with Gasteiger partial charge >= 0.3 is 5.97 Å². The number of carbonyl (C=O) groups is 2. The molecule has 170 valence electrons. The minimum absolute atomic E-state index is 0.0875. The molecule has 8 nitrogen and oxygen atoms in total. The Kier molecular flexibility index (Phi) is 7.15. The third-order valence-electron chi connectivity index (χ3n) is 6.04. The fourth-order valence-corrected chi connectivity index (χ4v) is 4.92. The molecule has 0 bridgehead atoms. The molecule has 3 heterocycles. The maximum absolute atomic E-state index is 13.2. The number of anilines is 1. The van der Waals surface area contributed by atoms with E-state index in [1.54, 1.807) is 11.1 Å². The Balaban J connectivity index is 1.46. The van der Waals surface area contributed by atoms with E-state index in [1.165, 1.54) is 18.9 Å². The first kappa shape index (κ1) is 22.8. The molecule has 4 rings (SSSR count). The molecule has 1 aliphatic heterocycles. The van der Waals surface area contributed by atoms with Crippen LogP contribution in [0.25, 0.3) is 0 Å². The minimum Gasteiger partial charge on any atom is -0.475 e. The van der Waals surface area contributed by atoms with Crippen molar-refractivity contribution in [1.82, 2.24) is 15.0 Å². The number of thioether (sulfide) groups is 1. The Hall–Kier alpha value is -2.39. The molecule has 0 spiro atoms. The van der Waals surface area contributed by atoms with Crippen LogP contribution in [0.3, 0.4) is 0 Å². The number of amides is 1. The predicted octanol–water partition coefficient (Wildman–Crippen LogP) is 4.12. The fraction of sp³-hybridized carbons (Fsp3) is 0.500. The topological polar surface area (TPSA) is 94.5 Å². The quantitative estimate of drug-likeness (QED) is 0.275. The lowest BCUT2D eigenvalue weighted by Crippen LogP contribution is -2.32. The summed E-state index contributed by atoms with van der Waals surface area (Å²) in [5, 5.41) is 0.548. The zero-order valence-electron chi connectivity index (χ0n) is 18.0. The van der Waals surface area contributed by atoms with E-state index in [4.69, 9.17) is 21.1 Å². The van der Waals surface area contributed by atoms with Crippen molar-refractivity contribution in [3.05, 3.63) is 34.7 Å². The summed E-state index contributed by atoms with van der Waals surface area (Å²) < 4.78 is 10.5. The van der Waals surface area contributed by atoms with Crippen molar-refractivity contribution < 1.29 is 19.1 Å². The number of rotatable bonds is 5. The van der Waals surface area contributed by atoms with Crippen molar-refractivity contribution in [3.8, 4) is 5.88 Å². The lowest BCUT2D eigenvalue weighted by molar-refractivity contribution is -0.142. The molecule has 0 saturated heterocycles. The minimum atomic E-state index is -0.298. The summed E-state index contributed by atoms with van der Waals surface area (Å²) in [6.07, 6.45) is 7.99. The van der Waals surface area contributed by atoms with Crippen LogP contribution in [0.15, 0.2) is 23.5 Å². The molecule has 2 aromatic heterocycles. The average Bonchev–Trinajstić information content (AvgIpc) is 2.98. The molecular formula is C22H25ClN4O4S. The van der Waals surface area contributed by atoms with Gasteiger partial charge in [-0.05, 0) is 50.0 Å². The van der Waals surface area contributed by atoms with Gasteiger partial charge in [0, 0.05) is 18.0 Å². The molecule has 0 aromatic carbocycles. The summed E-state index contributed by atoms with van der Waals surface area (Å²) in [4.78, 5) is 39.4. The highest BCUT2D eigenvalue weighted by molar-refractivity contribution is 7.98. The number of pyridine rings is 1. The van der Waals surface area contributed by atoms with Gasteiger partial charge in [-0.15, -0.1) is 0 Å². The van der Waals surface area contributed by atoms with Crippen molar-refractivity contribution in [3.63, 3.8) is 0 Å². The fourth-order valence-electron chi connectivity index (χ4n) is 4.27. The summed E-state index contributed by atoms with van der Waals surface area (Å²) in [7, 11) is 1.43. The molecule has 1 aliphatic carbocycles. The van der Waals surface area contributed by atoms with Gasteiger partial charge in [0.2, 0.25) is 5.88 Å². The lowest BCUT2D eigenvalue weighted by atomic mass is 9.79. The molecule has 2 aromatic rings.